The number of nitrogens with two attached hydrogens (primary N) is 1. The third-order valence-corrected chi connectivity index (χ3v) is 5.13. The van der Waals surface area contributed by atoms with Gasteiger partial charge in [0.15, 0.2) is 0 Å². The van der Waals surface area contributed by atoms with Crippen LogP contribution in [0.5, 0.6) is 0 Å². The number of halogens is 1. The normalized spacial score (nSPS) is 14.7. The zero-order valence-corrected chi connectivity index (χ0v) is 13.7. The molecule has 4 nitrogen and oxygen atoms in total. The zero-order valence-electron chi connectivity index (χ0n) is 12.9. The highest BCUT2D eigenvalue weighted by Crippen LogP contribution is 2.33. The molecule has 1 aliphatic heterocycles. The van der Waals surface area contributed by atoms with Gasteiger partial charge in [-0.1, -0.05) is 24.3 Å². The fourth-order valence-electron chi connectivity index (χ4n) is 3.20. The lowest BCUT2D eigenvalue weighted by Gasteiger charge is -2.32. The summed E-state index contributed by atoms with van der Waals surface area (Å²) in [6, 6.07) is 10.1. The van der Waals surface area contributed by atoms with Crippen molar-refractivity contribution in [1.82, 2.24) is 0 Å². The Hall–Kier alpha value is -1.92. The average molecular weight is 334 g/mol. The Kier molecular flexibility index (Phi) is 4.12. The van der Waals surface area contributed by atoms with Gasteiger partial charge in [0.2, 0.25) is 10.0 Å². The summed E-state index contributed by atoms with van der Waals surface area (Å²) in [6.45, 7) is 2.88. The molecule has 0 aliphatic carbocycles. The molecule has 0 unspecified atom stereocenters. The second kappa shape index (κ2) is 5.94. The van der Waals surface area contributed by atoms with Crippen molar-refractivity contribution in [3.63, 3.8) is 0 Å². The van der Waals surface area contributed by atoms with Crippen molar-refractivity contribution in [3.05, 3.63) is 58.9 Å². The molecule has 2 aromatic carbocycles. The van der Waals surface area contributed by atoms with Crippen LogP contribution in [0.2, 0.25) is 0 Å². The van der Waals surface area contributed by atoms with E-state index in [4.69, 9.17) is 5.14 Å². The average Bonchev–Trinajstić information content (AvgIpc) is 2.46. The molecule has 6 heteroatoms. The molecular weight excluding hydrogens is 315 g/mol. The standard InChI is InChI=1S/C17H19FN2O2S/c1-12-9-13-6-4-8-20(17(13)15(18)10-12)11-14-5-2-3-7-16(14)23(19,21)22/h2-3,5,7,9-10H,4,6,8,11H2,1H3,(H2,19,21,22). The van der Waals surface area contributed by atoms with E-state index in [0.717, 1.165) is 24.0 Å². The van der Waals surface area contributed by atoms with Gasteiger partial charge in [-0.25, -0.2) is 17.9 Å². The number of hydrogen-bond acceptors (Lipinski definition) is 3. The number of benzene rings is 2. The number of hydrogen-bond donors (Lipinski definition) is 1. The van der Waals surface area contributed by atoms with Crippen LogP contribution in [-0.2, 0) is 23.0 Å². The molecule has 3 rings (SSSR count). The molecular formula is C17H19FN2O2S. The van der Waals surface area contributed by atoms with Gasteiger partial charge in [-0.05, 0) is 48.6 Å². The van der Waals surface area contributed by atoms with E-state index < -0.39 is 10.0 Å². The predicted octanol–water partition coefficient (Wildman–Crippen LogP) is 2.73. The molecule has 1 heterocycles. The van der Waals surface area contributed by atoms with Crippen LogP contribution in [0.3, 0.4) is 0 Å². The topological polar surface area (TPSA) is 63.4 Å². The molecule has 23 heavy (non-hydrogen) atoms. The smallest absolute Gasteiger partial charge is 0.238 e. The first kappa shape index (κ1) is 16.0. The molecule has 2 aromatic rings. The Morgan fingerprint density at radius 1 is 1.26 bits per heavy atom. The third-order valence-electron chi connectivity index (χ3n) is 4.12. The van der Waals surface area contributed by atoms with E-state index in [1.165, 1.54) is 12.1 Å². The van der Waals surface area contributed by atoms with E-state index in [1.807, 2.05) is 17.9 Å². The van der Waals surface area contributed by atoms with Crippen molar-refractivity contribution in [2.24, 2.45) is 5.14 Å². The lowest BCUT2D eigenvalue weighted by molar-refractivity contribution is 0.589. The van der Waals surface area contributed by atoms with Gasteiger partial charge in [0.1, 0.15) is 5.82 Å². The molecule has 0 amide bonds. The molecule has 1 aliphatic rings. The summed E-state index contributed by atoms with van der Waals surface area (Å²) in [5.41, 5.74) is 3.03. The summed E-state index contributed by atoms with van der Waals surface area (Å²) < 4.78 is 37.9. The lowest BCUT2D eigenvalue weighted by atomic mass is 9.98. The first-order valence-electron chi connectivity index (χ1n) is 7.51. The summed E-state index contributed by atoms with van der Waals surface area (Å²) in [5.74, 6) is -0.257. The number of sulfonamides is 1. The van der Waals surface area contributed by atoms with Gasteiger partial charge in [0.05, 0.1) is 10.6 Å². The molecule has 0 atom stereocenters. The van der Waals surface area contributed by atoms with Gasteiger partial charge in [-0.15, -0.1) is 0 Å². The molecule has 0 bridgehead atoms. The second-order valence-corrected chi connectivity index (χ2v) is 7.46. The van der Waals surface area contributed by atoms with Crippen LogP contribution in [0.1, 0.15) is 23.1 Å². The number of rotatable bonds is 3. The van der Waals surface area contributed by atoms with Gasteiger partial charge in [0, 0.05) is 13.1 Å². The zero-order chi connectivity index (χ0) is 16.6. The largest absolute Gasteiger partial charge is 0.365 e. The summed E-state index contributed by atoms with van der Waals surface area (Å²) >= 11 is 0. The van der Waals surface area contributed by atoms with E-state index in [0.29, 0.717) is 24.3 Å². The maximum atomic E-state index is 14.4. The molecule has 0 saturated carbocycles. The molecule has 122 valence electrons. The molecule has 0 aromatic heterocycles. The van der Waals surface area contributed by atoms with Crippen molar-refractivity contribution in [1.29, 1.82) is 0 Å². The van der Waals surface area contributed by atoms with Gasteiger partial charge in [-0.3, -0.25) is 0 Å². The van der Waals surface area contributed by atoms with Crippen LogP contribution in [0.4, 0.5) is 10.1 Å². The number of nitrogens with zero attached hydrogens (tertiary/aromatic N) is 1. The fourth-order valence-corrected chi connectivity index (χ4v) is 3.97. The summed E-state index contributed by atoms with van der Waals surface area (Å²) in [6.07, 6.45) is 1.74. The fraction of sp³-hybridized carbons (Fsp3) is 0.294. The Balaban J connectivity index is 2.02. The monoisotopic (exact) mass is 334 g/mol. The van der Waals surface area contributed by atoms with Crippen LogP contribution in [0, 0.1) is 12.7 Å². The van der Waals surface area contributed by atoms with Crippen molar-refractivity contribution in [2.45, 2.75) is 31.2 Å². The van der Waals surface area contributed by atoms with Gasteiger partial charge >= 0.3 is 0 Å². The van der Waals surface area contributed by atoms with Gasteiger partial charge < -0.3 is 4.90 Å². The quantitative estimate of drug-likeness (QED) is 0.939. The molecule has 0 radical (unpaired) electrons. The molecule has 2 N–H and O–H groups in total. The van der Waals surface area contributed by atoms with E-state index in [1.54, 1.807) is 18.2 Å². The lowest BCUT2D eigenvalue weighted by Crippen LogP contribution is -2.31. The maximum absolute atomic E-state index is 14.4. The highest BCUT2D eigenvalue weighted by molar-refractivity contribution is 7.89. The van der Waals surface area contributed by atoms with E-state index in [-0.39, 0.29) is 10.7 Å². The van der Waals surface area contributed by atoms with Crippen LogP contribution in [0.15, 0.2) is 41.3 Å². The Bertz CT molecular complexity index is 850. The summed E-state index contributed by atoms with van der Waals surface area (Å²) in [4.78, 5) is 2.00. The van der Waals surface area contributed by atoms with Gasteiger partial charge in [-0.2, -0.15) is 0 Å². The predicted molar refractivity (Wildman–Crippen MR) is 88.3 cm³/mol. The minimum Gasteiger partial charge on any atom is -0.365 e. The molecule has 0 saturated heterocycles. The van der Waals surface area contributed by atoms with E-state index >= 15 is 0 Å². The van der Waals surface area contributed by atoms with E-state index in [2.05, 4.69) is 0 Å². The first-order valence-corrected chi connectivity index (χ1v) is 9.05. The Labute approximate surface area is 135 Å². The van der Waals surface area contributed by atoms with Gasteiger partial charge in [0.25, 0.3) is 0 Å². The Morgan fingerprint density at radius 3 is 2.74 bits per heavy atom. The number of aryl methyl sites for hydroxylation is 2. The molecule has 0 fully saturated rings. The summed E-state index contributed by atoms with van der Waals surface area (Å²) in [7, 11) is -3.80. The third kappa shape index (κ3) is 3.23. The summed E-state index contributed by atoms with van der Waals surface area (Å²) in [5, 5.41) is 5.29. The van der Waals surface area contributed by atoms with Crippen molar-refractivity contribution < 1.29 is 12.8 Å². The van der Waals surface area contributed by atoms with Crippen molar-refractivity contribution >= 4 is 15.7 Å². The highest BCUT2D eigenvalue weighted by atomic mass is 32.2. The number of fused-ring (bicyclic) bond motifs is 1. The van der Waals surface area contributed by atoms with Crippen LogP contribution < -0.4 is 10.0 Å². The maximum Gasteiger partial charge on any atom is 0.238 e. The first-order chi connectivity index (χ1) is 10.9. The van der Waals surface area contributed by atoms with Crippen molar-refractivity contribution in [3.8, 4) is 0 Å². The van der Waals surface area contributed by atoms with Crippen LogP contribution in [0.25, 0.3) is 0 Å². The van der Waals surface area contributed by atoms with Crippen LogP contribution in [-0.4, -0.2) is 15.0 Å². The second-order valence-electron chi connectivity index (χ2n) is 5.93. The highest BCUT2D eigenvalue weighted by Gasteiger charge is 2.23. The minimum atomic E-state index is -3.80. The Morgan fingerprint density at radius 2 is 2.00 bits per heavy atom. The SMILES string of the molecule is Cc1cc(F)c2c(c1)CCCN2Cc1ccccc1S(N)(=O)=O. The molecule has 0 spiro atoms. The minimum absolute atomic E-state index is 0.0969. The number of anilines is 1. The van der Waals surface area contributed by atoms with Crippen LogP contribution >= 0.6 is 0 Å². The van der Waals surface area contributed by atoms with Crippen molar-refractivity contribution in [2.75, 3.05) is 11.4 Å². The number of primary sulfonamides is 1. The van der Waals surface area contributed by atoms with E-state index in [9.17, 15) is 12.8 Å².